The highest BCUT2D eigenvalue weighted by Gasteiger charge is 2.26. The average Bonchev–Trinajstić information content (AvgIpc) is 2.85. The van der Waals surface area contributed by atoms with E-state index in [-0.39, 0.29) is 6.04 Å². The lowest BCUT2D eigenvalue weighted by Crippen LogP contribution is -2.33. The Balaban J connectivity index is 1.51. The summed E-state index contributed by atoms with van der Waals surface area (Å²) < 4.78 is 10.9. The van der Waals surface area contributed by atoms with Crippen molar-refractivity contribution in [2.45, 2.75) is 45.2 Å². The molecular formula is C26H33N5O2. The molecule has 0 aliphatic carbocycles. The summed E-state index contributed by atoms with van der Waals surface area (Å²) in [5.74, 6) is 2.75. The maximum absolute atomic E-state index is 5.59. The van der Waals surface area contributed by atoms with E-state index in [9.17, 15) is 0 Å². The van der Waals surface area contributed by atoms with Crippen molar-refractivity contribution in [3.63, 3.8) is 0 Å². The summed E-state index contributed by atoms with van der Waals surface area (Å²) in [6.45, 7) is 7.07. The summed E-state index contributed by atoms with van der Waals surface area (Å²) in [5.41, 5.74) is 4.43. The first-order valence-electron chi connectivity index (χ1n) is 11.5. The first-order valence-corrected chi connectivity index (χ1v) is 11.5. The van der Waals surface area contributed by atoms with E-state index in [4.69, 9.17) is 14.5 Å². The quantitative estimate of drug-likeness (QED) is 0.534. The zero-order valence-corrected chi connectivity index (χ0v) is 19.9. The average molecular weight is 448 g/mol. The smallest absolute Gasteiger partial charge is 0.223 e. The second-order valence-corrected chi connectivity index (χ2v) is 8.76. The van der Waals surface area contributed by atoms with Gasteiger partial charge in [0.25, 0.3) is 0 Å². The number of nitrogens with one attached hydrogen (secondary N) is 1. The van der Waals surface area contributed by atoms with Gasteiger partial charge in [0.1, 0.15) is 11.5 Å². The third-order valence-corrected chi connectivity index (χ3v) is 6.07. The van der Waals surface area contributed by atoms with Crippen molar-refractivity contribution in [2.24, 2.45) is 0 Å². The first kappa shape index (κ1) is 23.0. The molecule has 7 heteroatoms. The van der Waals surface area contributed by atoms with E-state index in [2.05, 4.69) is 46.2 Å². The van der Waals surface area contributed by atoms with Crippen LogP contribution < -0.4 is 14.8 Å². The number of nitrogens with zero attached hydrogens (tertiary/aromatic N) is 4. The third-order valence-electron chi connectivity index (χ3n) is 6.07. The van der Waals surface area contributed by atoms with Crippen LogP contribution in [0.25, 0.3) is 11.1 Å². The third kappa shape index (κ3) is 5.60. The van der Waals surface area contributed by atoms with Gasteiger partial charge in [0.05, 0.1) is 19.9 Å². The molecule has 1 fully saturated rings. The number of ether oxygens (including phenoxy) is 2. The molecule has 174 valence electrons. The number of hydrogen-bond acceptors (Lipinski definition) is 7. The Kier molecular flexibility index (Phi) is 7.40. The van der Waals surface area contributed by atoms with Crippen LogP contribution >= 0.6 is 0 Å². The summed E-state index contributed by atoms with van der Waals surface area (Å²) in [5, 5.41) is 3.35. The van der Waals surface area contributed by atoms with Gasteiger partial charge < -0.3 is 14.8 Å². The number of hydrogen-bond donors (Lipinski definition) is 1. The van der Waals surface area contributed by atoms with Crippen molar-refractivity contribution in [2.75, 3.05) is 32.6 Å². The SMILES string of the molecule is COc1ccc(CN2CCC(c3nc(NC(C)C)ncc3-c3cccnc3)CC2)c(OC)c1. The molecule has 0 saturated carbocycles. The fraction of sp³-hybridized carbons (Fsp3) is 0.423. The molecule has 1 aliphatic heterocycles. The zero-order valence-electron chi connectivity index (χ0n) is 19.9. The standard InChI is InChI=1S/C26H33N5O2/c1-18(2)29-26-28-16-23(20-6-5-11-27-15-20)25(30-26)19-9-12-31(13-10-19)17-21-7-8-22(32-3)14-24(21)33-4/h5-8,11,14-16,18-19H,9-10,12-13,17H2,1-4H3,(H,28,29,30). The van der Waals surface area contributed by atoms with Gasteiger partial charge >= 0.3 is 0 Å². The molecule has 2 aromatic heterocycles. The normalized spacial score (nSPS) is 14.9. The monoisotopic (exact) mass is 447 g/mol. The zero-order chi connectivity index (χ0) is 23.2. The van der Waals surface area contributed by atoms with E-state index in [0.717, 1.165) is 60.8 Å². The van der Waals surface area contributed by atoms with Crippen molar-refractivity contribution in [1.29, 1.82) is 0 Å². The van der Waals surface area contributed by atoms with Gasteiger partial charge in [-0.1, -0.05) is 12.1 Å². The number of likely N-dealkylation sites (tertiary alicyclic amines) is 1. The maximum Gasteiger partial charge on any atom is 0.223 e. The van der Waals surface area contributed by atoms with Gasteiger partial charge in [-0.05, 0) is 51.9 Å². The minimum absolute atomic E-state index is 0.281. The van der Waals surface area contributed by atoms with Crippen molar-refractivity contribution in [3.05, 3.63) is 60.2 Å². The molecule has 0 spiro atoms. The van der Waals surface area contributed by atoms with E-state index < -0.39 is 0 Å². The number of piperidine rings is 1. The summed E-state index contributed by atoms with van der Waals surface area (Å²) in [6, 6.07) is 10.4. The lowest BCUT2D eigenvalue weighted by molar-refractivity contribution is 0.201. The number of methoxy groups -OCH3 is 2. The minimum atomic E-state index is 0.281. The number of rotatable bonds is 8. The van der Waals surface area contributed by atoms with Gasteiger partial charge in [0.15, 0.2) is 0 Å². The molecule has 1 N–H and O–H groups in total. The molecule has 0 atom stereocenters. The number of anilines is 1. The topological polar surface area (TPSA) is 72.4 Å². The van der Waals surface area contributed by atoms with Crippen LogP contribution in [0.4, 0.5) is 5.95 Å². The highest BCUT2D eigenvalue weighted by Crippen LogP contribution is 2.35. The first-order chi connectivity index (χ1) is 16.1. The van der Waals surface area contributed by atoms with Crippen LogP contribution in [0, 0.1) is 0 Å². The van der Waals surface area contributed by atoms with Gasteiger partial charge in [0.2, 0.25) is 5.95 Å². The van der Waals surface area contributed by atoms with Crippen LogP contribution in [0.2, 0.25) is 0 Å². The second-order valence-electron chi connectivity index (χ2n) is 8.76. The maximum atomic E-state index is 5.59. The van der Waals surface area contributed by atoms with Crippen molar-refractivity contribution in [1.82, 2.24) is 19.9 Å². The predicted molar refractivity (Wildman–Crippen MR) is 131 cm³/mol. The Hall–Kier alpha value is -3.19. The summed E-state index contributed by atoms with van der Waals surface area (Å²) in [6.07, 6.45) is 7.72. The number of benzene rings is 1. The highest BCUT2D eigenvalue weighted by molar-refractivity contribution is 5.65. The molecule has 0 bridgehead atoms. The van der Waals surface area contributed by atoms with Gasteiger partial charge in [-0.15, -0.1) is 0 Å². The Morgan fingerprint density at radius 3 is 2.58 bits per heavy atom. The van der Waals surface area contributed by atoms with Crippen LogP contribution in [0.15, 0.2) is 48.9 Å². The lowest BCUT2D eigenvalue weighted by atomic mass is 9.89. The van der Waals surface area contributed by atoms with Crippen LogP contribution in [0.3, 0.4) is 0 Å². The van der Waals surface area contributed by atoms with Crippen LogP contribution in [0.1, 0.15) is 43.9 Å². The fourth-order valence-corrected chi connectivity index (χ4v) is 4.37. The second kappa shape index (κ2) is 10.6. The fourth-order valence-electron chi connectivity index (χ4n) is 4.37. The minimum Gasteiger partial charge on any atom is -0.497 e. The molecule has 3 heterocycles. The van der Waals surface area contributed by atoms with Crippen LogP contribution in [-0.2, 0) is 6.54 Å². The molecule has 3 aromatic rings. The molecule has 7 nitrogen and oxygen atoms in total. The number of aromatic nitrogens is 3. The summed E-state index contributed by atoms with van der Waals surface area (Å²) >= 11 is 0. The van der Waals surface area contributed by atoms with E-state index in [0.29, 0.717) is 11.9 Å². The van der Waals surface area contributed by atoms with E-state index in [1.165, 1.54) is 5.56 Å². The molecule has 0 unspecified atom stereocenters. The predicted octanol–water partition coefficient (Wildman–Crippen LogP) is 4.76. The molecule has 0 radical (unpaired) electrons. The number of pyridine rings is 1. The Morgan fingerprint density at radius 1 is 1.09 bits per heavy atom. The molecule has 33 heavy (non-hydrogen) atoms. The Morgan fingerprint density at radius 2 is 1.91 bits per heavy atom. The van der Waals surface area contributed by atoms with Crippen LogP contribution in [-0.4, -0.2) is 53.2 Å². The summed E-state index contributed by atoms with van der Waals surface area (Å²) in [4.78, 5) is 16.3. The molecule has 1 aliphatic rings. The molecule has 4 rings (SSSR count). The molecule has 1 saturated heterocycles. The van der Waals surface area contributed by atoms with Gasteiger partial charge in [-0.3, -0.25) is 9.88 Å². The van der Waals surface area contributed by atoms with Crippen molar-refractivity contribution < 1.29 is 9.47 Å². The van der Waals surface area contributed by atoms with E-state index in [1.807, 2.05) is 30.6 Å². The van der Waals surface area contributed by atoms with E-state index >= 15 is 0 Å². The van der Waals surface area contributed by atoms with E-state index in [1.54, 1.807) is 20.4 Å². The highest BCUT2D eigenvalue weighted by atomic mass is 16.5. The Bertz CT molecular complexity index is 1050. The van der Waals surface area contributed by atoms with Crippen molar-refractivity contribution in [3.8, 4) is 22.6 Å². The summed E-state index contributed by atoms with van der Waals surface area (Å²) in [7, 11) is 3.39. The molecule has 1 aromatic carbocycles. The Labute approximate surface area is 196 Å². The van der Waals surface area contributed by atoms with Crippen molar-refractivity contribution >= 4 is 5.95 Å². The van der Waals surface area contributed by atoms with Gasteiger partial charge in [0, 0.05) is 59.9 Å². The van der Waals surface area contributed by atoms with Gasteiger partial charge in [-0.2, -0.15) is 0 Å². The van der Waals surface area contributed by atoms with Crippen LogP contribution in [0.5, 0.6) is 11.5 Å². The van der Waals surface area contributed by atoms with Gasteiger partial charge in [-0.25, -0.2) is 9.97 Å². The largest absolute Gasteiger partial charge is 0.497 e. The molecule has 0 amide bonds. The lowest BCUT2D eigenvalue weighted by Gasteiger charge is -2.33. The molecular weight excluding hydrogens is 414 g/mol.